The lowest BCUT2D eigenvalue weighted by molar-refractivity contribution is 0.586. The van der Waals surface area contributed by atoms with Crippen LogP contribution in [0.25, 0.3) is 0 Å². The SMILES string of the molecule is CS(=O)(=O)NCCCNc1ccc(C#N)c(F)c1. The van der Waals surface area contributed by atoms with E-state index >= 15 is 0 Å². The van der Waals surface area contributed by atoms with Crippen LogP contribution in [0.4, 0.5) is 10.1 Å². The third kappa shape index (κ3) is 5.12. The van der Waals surface area contributed by atoms with Crippen LogP contribution in [-0.4, -0.2) is 27.8 Å². The van der Waals surface area contributed by atoms with Gasteiger partial charge < -0.3 is 5.32 Å². The molecule has 1 aromatic rings. The molecule has 0 bridgehead atoms. The number of nitriles is 1. The standard InChI is InChI=1S/C11H14FN3O2S/c1-18(16,17)15-6-2-5-14-10-4-3-9(8-13)11(12)7-10/h3-4,7,14-15H,2,5-6H2,1H3. The second kappa shape index (κ2) is 6.33. The molecule has 0 atom stereocenters. The summed E-state index contributed by atoms with van der Waals surface area (Å²) < 4.78 is 37.1. The molecule has 0 fully saturated rings. The Morgan fingerprint density at radius 2 is 2.11 bits per heavy atom. The van der Waals surface area contributed by atoms with Gasteiger partial charge in [0.2, 0.25) is 10.0 Å². The predicted molar refractivity (Wildman–Crippen MR) is 67.1 cm³/mol. The van der Waals surface area contributed by atoms with Gasteiger partial charge in [-0.2, -0.15) is 5.26 Å². The lowest BCUT2D eigenvalue weighted by Gasteiger charge is -2.07. The Morgan fingerprint density at radius 1 is 1.39 bits per heavy atom. The van der Waals surface area contributed by atoms with Gasteiger partial charge in [0, 0.05) is 18.8 Å². The number of benzene rings is 1. The number of hydrogen-bond donors (Lipinski definition) is 2. The van der Waals surface area contributed by atoms with Crippen LogP contribution >= 0.6 is 0 Å². The smallest absolute Gasteiger partial charge is 0.208 e. The highest BCUT2D eigenvalue weighted by Gasteiger charge is 2.02. The first-order valence-electron chi connectivity index (χ1n) is 5.30. The molecule has 7 heteroatoms. The molecule has 0 aromatic heterocycles. The number of halogens is 1. The zero-order chi connectivity index (χ0) is 13.6. The fourth-order valence-corrected chi connectivity index (χ4v) is 1.81. The molecule has 0 heterocycles. The second-order valence-electron chi connectivity index (χ2n) is 3.75. The van der Waals surface area contributed by atoms with Crippen molar-refractivity contribution in [1.29, 1.82) is 5.26 Å². The van der Waals surface area contributed by atoms with E-state index in [0.29, 0.717) is 25.2 Å². The Kier molecular flexibility index (Phi) is 5.07. The molecule has 0 aliphatic carbocycles. The van der Waals surface area contributed by atoms with Crippen LogP contribution in [-0.2, 0) is 10.0 Å². The molecule has 18 heavy (non-hydrogen) atoms. The van der Waals surface area contributed by atoms with E-state index in [1.807, 2.05) is 0 Å². The fraction of sp³-hybridized carbons (Fsp3) is 0.364. The zero-order valence-electron chi connectivity index (χ0n) is 9.90. The van der Waals surface area contributed by atoms with Crippen LogP contribution in [0.1, 0.15) is 12.0 Å². The van der Waals surface area contributed by atoms with E-state index in [4.69, 9.17) is 5.26 Å². The maximum absolute atomic E-state index is 13.2. The minimum absolute atomic E-state index is 0.000655. The maximum Gasteiger partial charge on any atom is 0.208 e. The average Bonchev–Trinajstić information content (AvgIpc) is 2.27. The first-order valence-corrected chi connectivity index (χ1v) is 7.19. The average molecular weight is 271 g/mol. The Balaban J connectivity index is 2.37. The van der Waals surface area contributed by atoms with Gasteiger partial charge >= 0.3 is 0 Å². The van der Waals surface area contributed by atoms with Gasteiger partial charge in [0.15, 0.2) is 0 Å². The summed E-state index contributed by atoms with van der Waals surface area (Å²) in [5.41, 5.74) is 0.560. The van der Waals surface area contributed by atoms with Gasteiger partial charge in [-0.15, -0.1) is 0 Å². The van der Waals surface area contributed by atoms with E-state index < -0.39 is 15.8 Å². The van der Waals surface area contributed by atoms with E-state index in [9.17, 15) is 12.8 Å². The van der Waals surface area contributed by atoms with Crippen molar-refractivity contribution in [3.8, 4) is 6.07 Å². The molecular formula is C11H14FN3O2S. The van der Waals surface area contributed by atoms with E-state index in [-0.39, 0.29) is 5.56 Å². The molecule has 1 aromatic carbocycles. The first kappa shape index (κ1) is 14.4. The van der Waals surface area contributed by atoms with Gasteiger partial charge in [-0.05, 0) is 24.6 Å². The molecule has 0 aliphatic heterocycles. The molecule has 0 unspecified atom stereocenters. The minimum atomic E-state index is -3.16. The van der Waals surface area contributed by atoms with Crippen molar-refractivity contribution in [3.05, 3.63) is 29.6 Å². The van der Waals surface area contributed by atoms with Gasteiger partial charge in [0.25, 0.3) is 0 Å². The molecule has 0 spiro atoms. The molecule has 0 radical (unpaired) electrons. The summed E-state index contributed by atoms with van der Waals surface area (Å²) in [5, 5.41) is 11.5. The van der Waals surface area contributed by atoms with Crippen molar-refractivity contribution in [2.45, 2.75) is 6.42 Å². The molecule has 98 valence electrons. The van der Waals surface area contributed by atoms with Crippen molar-refractivity contribution in [1.82, 2.24) is 4.72 Å². The highest BCUT2D eigenvalue weighted by molar-refractivity contribution is 7.88. The van der Waals surface area contributed by atoms with E-state index in [0.717, 1.165) is 6.26 Å². The van der Waals surface area contributed by atoms with Crippen LogP contribution in [0, 0.1) is 17.1 Å². The fourth-order valence-electron chi connectivity index (χ4n) is 1.29. The Labute approximate surface area is 106 Å². The maximum atomic E-state index is 13.2. The lowest BCUT2D eigenvalue weighted by atomic mass is 10.2. The molecule has 0 saturated heterocycles. The van der Waals surface area contributed by atoms with Crippen LogP contribution < -0.4 is 10.0 Å². The third-order valence-electron chi connectivity index (χ3n) is 2.14. The Hall–Kier alpha value is -1.65. The van der Waals surface area contributed by atoms with Gasteiger partial charge in [-0.3, -0.25) is 0 Å². The van der Waals surface area contributed by atoms with Crippen molar-refractivity contribution in [3.63, 3.8) is 0 Å². The summed E-state index contributed by atoms with van der Waals surface area (Å²) in [6.07, 6.45) is 1.67. The molecule has 2 N–H and O–H groups in total. The van der Waals surface area contributed by atoms with Crippen molar-refractivity contribution >= 4 is 15.7 Å². The molecule has 0 amide bonds. The second-order valence-corrected chi connectivity index (χ2v) is 5.59. The van der Waals surface area contributed by atoms with Gasteiger partial charge in [0.05, 0.1) is 11.8 Å². The van der Waals surface area contributed by atoms with Gasteiger partial charge in [0.1, 0.15) is 11.9 Å². The van der Waals surface area contributed by atoms with Gasteiger partial charge in [-0.1, -0.05) is 0 Å². The van der Waals surface area contributed by atoms with Crippen molar-refractivity contribution in [2.75, 3.05) is 24.7 Å². The van der Waals surface area contributed by atoms with Gasteiger partial charge in [-0.25, -0.2) is 17.5 Å². The topological polar surface area (TPSA) is 82.0 Å². The molecule has 1 rings (SSSR count). The van der Waals surface area contributed by atoms with E-state index in [2.05, 4.69) is 10.0 Å². The molecular weight excluding hydrogens is 257 g/mol. The van der Waals surface area contributed by atoms with Crippen LogP contribution in [0.3, 0.4) is 0 Å². The summed E-state index contributed by atoms with van der Waals surface area (Å²) in [5.74, 6) is -0.572. The first-order chi connectivity index (χ1) is 8.42. The quantitative estimate of drug-likeness (QED) is 0.758. The zero-order valence-corrected chi connectivity index (χ0v) is 10.7. The predicted octanol–water partition coefficient (Wildman–Crippen LogP) is 1.05. The van der Waals surface area contributed by atoms with Crippen molar-refractivity contribution in [2.24, 2.45) is 0 Å². The van der Waals surface area contributed by atoms with E-state index in [1.54, 1.807) is 12.1 Å². The third-order valence-corrected chi connectivity index (χ3v) is 2.86. The molecule has 0 aliphatic rings. The van der Waals surface area contributed by atoms with E-state index in [1.165, 1.54) is 12.1 Å². The Bertz CT molecular complexity index is 552. The summed E-state index contributed by atoms with van der Waals surface area (Å²) in [7, 11) is -3.16. The number of nitrogens with one attached hydrogen (secondary N) is 2. The minimum Gasteiger partial charge on any atom is -0.385 e. The highest BCUT2D eigenvalue weighted by Crippen LogP contribution is 2.13. The van der Waals surface area contributed by atoms with Crippen LogP contribution in [0.15, 0.2) is 18.2 Å². The molecule has 5 nitrogen and oxygen atoms in total. The number of anilines is 1. The summed E-state index contributed by atoms with van der Waals surface area (Å²) in [4.78, 5) is 0. The monoisotopic (exact) mass is 271 g/mol. The molecule has 0 saturated carbocycles. The largest absolute Gasteiger partial charge is 0.385 e. The Morgan fingerprint density at radius 3 is 2.67 bits per heavy atom. The summed E-state index contributed by atoms with van der Waals surface area (Å²) >= 11 is 0. The number of rotatable bonds is 6. The van der Waals surface area contributed by atoms with Crippen LogP contribution in [0.5, 0.6) is 0 Å². The number of hydrogen-bond acceptors (Lipinski definition) is 4. The highest BCUT2D eigenvalue weighted by atomic mass is 32.2. The number of sulfonamides is 1. The summed E-state index contributed by atoms with van der Waals surface area (Å²) in [6.45, 7) is 0.832. The summed E-state index contributed by atoms with van der Waals surface area (Å²) in [6, 6.07) is 5.97. The lowest BCUT2D eigenvalue weighted by Crippen LogP contribution is -2.24. The number of nitrogens with zero attached hydrogens (tertiary/aromatic N) is 1. The van der Waals surface area contributed by atoms with Crippen LogP contribution in [0.2, 0.25) is 0 Å². The van der Waals surface area contributed by atoms with Crippen molar-refractivity contribution < 1.29 is 12.8 Å². The normalized spacial score (nSPS) is 10.9.